The predicted molar refractivity (Wildman–Crippen MR) is 349 cm³/mol. The number of esters is 3. The molecule has 0 saturated heterocycles. The number of hydrogen-bond donors (Lipinski definition) is 0. The molecule has 1 atom stereocenters. The quantitative estimate of drug-likeness (QED) is 0.0261. The van der Waals surface area contributed by atoms with Crippen molar-refractivity contribution in [3.63, 3.8) is 0 Å². The molecule has 0 N–H and O–H groups in total. The molecule has 468 valence electrons. The SMILES string of the molecule is CCCC/C=C\C/C=C\CCCCCCCC(=O)OCC(COC(=O)CCCCCCCCCCCCCCCCCCC/C=C\C/C=C\CCCCCCC)OC(=O)CCCCCCCCCCCCCCCCCCCCC. The van der Waals surface area contributed by atoms with E-state index in [2.05, 4.69) is 69.4 Å². The summed E-state index contributed by atoms with van der Waals surface area (Å²) in [6, 6.07) is 0. The molecule has 0 fully saturated rings. The van der Waals surface area contributed by atoms with Crippen molar-refractivity contribution in [2.45, 2.75) is 393 Å². The third-order valence-electron chi connectivity index (χ3n) is 16.1. The monoisotopic (exact) mass is 1120 g/mol. The van der Waals surface area contributed by atoms with Gasteiger partial charge in [0.15, 0.2) is 6.10 Å². The fourth-order valence-corrected chi connectivity index (χ4v) is 10.7. The summed E-state index contributed by atoms with van der Waals surface area (Å²) >= 11 is 0. The zero-order valence-electron chi connectivity index (χ0n) is 53.9. The van der Waals surface area contributed by atoms with Crippen LogP contribution in [-0.2, 0) is 28.6 Å². The number of ether oxygens (including phenoxy) is 3. The minimum atomic E-state index is -0.777. The Bertz CT molecular complexity index is 1380. The van der Waals surface area contributed by atoms with Crippen LogP contribution in [0, 0.1) is 0 Å². The molecular formula is C74H136O6. The first kappa shape index (κ1) is 77.4. The van der Waals surface area contributed by atoms with Crippen LogP contribution in [0.1, 0.15) is 387 Å². The summed E-state index contributed by atoms with van der Waals surface area (Å²) in [5.74, 6) is -0.859. The van der Waals surface area contributed by atoms with E-state index in [0.29, 0.717) is 19.3 Å². The van der Waals surface area contributed by atoms with Gasteiger partial charge >= 0.3 is 17.9 Å². The highest BCUT2D eigenvalue weighted by molar-refractivity contribution is 5.71. The van der Waals surface area contributed by atoms with Crippen molar-refractivity contribution in [3.8, 4) is 0 Å². The lowest BCUT2D eigenvalue weighted by molar-refractivity contribution is -0.167. The Morgan fingerprint density at radius 3 is 0.725 bits per heavy atom. The average molecular weight is 1120 g/mol. The van der Waals surface area contributed by atoms with Crippen LogP contribution in [0.3, 0.4) is 0 Å². The maximum atomic E-state index is 12.9. The number of carbonyl (C=O) groups is 3. The zero-order valence-corrected chi connectivity index (χ0v) is 53.9. The first-order chi connectivity index (χ1) is 39.5. The Morgan fingerprint density at radius 2 is 0.463 bits per heavy atom. The normalized spacial score (nSPS) is 12.3. The van der Waals surface area contributed by atoms with Crippen molar-refractivity contribution >= 4 is 17.9 Å². The summed E-state index contributed by atoms with van der Waals surface area (Å²) < 4.78 is 17.0. The van der Waals surface area contributed by atoms with E-state index in [9.17, 15) is 14.4 Å². The summed E-state index contributed by atoms with van der Waals surface area (Å²) in [6.07, 6.45) is 87.1. The highest BCUT2D eigenvalue weighted by Gasteiger charge is 2.19. The number of carbonyl (C=O) groups excluding carboxylic acids is 3. The minimum absolute atomic E-state index is 0.0725. The van der Waals surface area contributed by atoms with Crippen molar-refractivity contribution in [2.75, 3.05) is 13.2 Å². The fourth-order valence-electron chi connectivity index (χ4n) is 10.7. The molecule has 0 bridgehead atoms. The Balaban J connectivity index is 4.21. The van der Waals surface area contributed by atoms with Gasteiger partial charge in [0.2, 0.25) is 0 Å². The molecule has 80 heavy (non-hydrogen) atoms. The first-order valence-electron chi connectivity index (χ1n) is 35.6. The van der Waals surface area contributed by atoms with Crippen LogP contribution in [0.5, 0.6) is 0 Å². The molecule has 1 unspecified atom stereocenters. The van der Waals surface area contributed by atoms with Gasteiger partial charge in [0.05, 0.1) is 0 Å². The van der Waals surface area contributed by atoms with Crippen LogP contribution < -0.4 is 0 Å². The summed E-state index contributed by atoms with van der Waals surface area (Å²) in [5.41, 5.74) is 0. The second kappa shape index (κ2) is 68.9. The van der Waals surface area contributed by atoms with Gasteiger partial charge in [-0.3, -0.25) is 14.4 Å². The third kappa shape index (κ3) is 66.2. The predicted octanol–water partition coefficient (Wildman–Crippen LogP) is 24.5. The molecule has 0 heterocycles. The Hall–Kier alpha value is -2.63. The van der Waals surface area contributed by atoms with Gasteiger partial charge in [0, 0.05) is 19.3 Å². The van der Waals surface area contributed by atoms with E-state index in [1.807, 2.05) is 0 Å². The second-order valence-electron chi connectivity index (χ2n) is 24.1. The van der Waals surface area contributed by atoms with Crippen molar-refractivity contribution in [2.24, 2.45) is 0 Å². The summed E-state index contributed by atoms with van der Waals surface area (Å²) in [5, 5.41) is 0. The van der Waals surface area contributed by atoms with Crippen LogP contribution in [-0.4, -0.2) is 37.2 Å². The lowest BCUT2D eigenvalue weighted by atomic mass is 10.0. The fraction of sp³-hybridized carbons (Fsp3) is 0.851. The van der Waals surface area contributed by atoms with Gasteiger partial charge in [-0.25, -0.2) is 0 Å². The maximum Gasteiger partial charge on any atom is 0.306 e. The average Bonchev–Trinajstić information content (AvgIpc) is 3.46. The molecule has 0 saturated carbocycles. The summed E-state index contributed by atoms with van der Waals surface area (Å²) in [6.45, 7) is 6.65. The Labute approximate surface area is 498 Å². The van der Waals surface area contributed by atoms with Gasteiger partial charge in [-0.2, -0.15) is 0 Å². The van der Waals surface area contributed by atoms with Gasteiger partial charge < -0.3 is 14.2 Å². The highest BCUT2D eigenvalue weighted by atomic mass is 16.6. The minimum Gasteiger partial charge on any atom is -0.462 e. The lowest BCUT2D eigenvalue weighted by Crippen LogP contribution is -2.30. The smallest absolute Gasteiger partial charge is 0.306 e. The molecule has 6 nitrogen and oxygen atoms in total. The van der Waals surface area contributed by atoms with Gasteiger partial charge in [0.1, 0.15) is 13.2 Å². The molecule has 0 aromatic carbocycles. The van der Waals surface area contributed by atoms with Crippen molar-refractivity contribution in [1.29, 1.82) is 0 Å². The third-order valence-corrected chi connectivity index (χ3v) is 16.1. The maximum absolute atomic E-state index is 12.9. The summed E-state index contributed by atoms with van der Waals surface area (Å²) in [4.78, 5) is 38.4. The number of unbranched alkanes of at least 4 members (excludes halogenated alkanes) is 47. The number of rotatable bonds is 66. The Kier molecular flexibility index (Phi) is 66.6. The van der Waals surface area contributed by atoms with E-state index in [1.165, 1.54) is 263 Å². The number of hydrogen-bond acceptors (Lipinski definition) is 6. The van der Waals surface area contributed by atoms with Crippen LogP contribution in [0.25, 0.3) is 0 Å². The molecule has 0 aromatic heterocycles. The molecule has 0 aliphatic heterocycles. The number of allylic oxidation sites excluding steroid dienone is 8. The molecule has 0 radical (unpaired) electrons. The van der Waals surface area contributed by atoms with Crippen molar-refractivity contribution < 1.29 is 28.6 Å². The molecule has 0 rings (SSSR count). The van der Waals surface area contributed by atoms with Crippen LogP contribution in [0.15, 0.2) is 48.6 Å². The zero-order chi connectivity index (χ0) is 57.8. The van der Waals surface area contributed by atoms with E-state index in [1.54, 1.807) is 0 Å². The Morgan fingerprint density at radius 1 is 0.250 bits per heavy atom. The van der Waals surface area contributed by atoms with Crippen molar-refractivity contribution in [1.82, 2.24) is 0 Å². The molecule has 0 aliphatic carbocycles. The second-order valence-corrected chi connectivity index (χ2v) is 24.1. The topological polar surface area (TPSA) is 78.9 Å². The molecule has 0 aliphatic rings. The summed E-state index contributed by atoms with van der Waals surface area (Å²) in [7, 11) is 0. The molecular weight excluding hydrogens is 985 g/mol. The van der Waals surface area contributed by atoms with E-state index < -0.39 is 6.10 Å². The molecule has 0 amide bonds. The van der Waals surface area contributed by atoms with E-state index in [-0.39, 0.29) is 31.1 Å². The van der Waals surface area contributed by atoms with Crippen LogP contribution in [0.2, 0.25) is 0 Å². The molecule has 0 spiro atoms. The van der Waals surface area contributed by atoms with Gasteiger partial charge in [-0.1, -0.05) is 339 Å². The molecule has 0 aromatic rings. The largest absolute Gasteiger partial charge is 0.462 e. The van der Waals surface area contributed by atoms with Gasteiger partial charge in [0.25, 0.3) is 0 Å². The first-order valence-corrected chi connectivity index (χ1v) is 35.6. The van der Waals surface area contributed by atoms with Gasteiger partial charge in [-0.15, -0.1) is 0 Å². The lowest BCUT2D eigenvalue weighted by Gasteiger charge is -2.18. The van der Waals surface area contributed by atoms with Crippen LogP contribution >= 0.6 is 0 Å². The standard InChI is InChI=1S/C74H136O6/c1-4-7-10-13-16-19-22-25-28-30-32-33-34-35-36-37-38-39-40-41-43-44-46-49-52-55-58-61-64-67-73(76)79-70-71(69-78-72(75)66-63-60-57-54-51-48-27-24-21-18-15-12-9-6-3)80-74(77)68-65-62-59-56-53-50-47-45-42-31-29-26-23-20-17-14-11-8-5-2/h15,18,22,24-25,27,30,32,71H,4-14,16-17,19-21,23,26,28-29,31,33-70H2,1-3H3/b18-15-,25-22-,27-24-,32-30-. The van der Waals surface area contributed by atoms with Crippen molar-refractivity contribution in [3.05, 3.63) is 48.6 Å². The van der Waals surface area contributed by atoms with E-state index >= 15 is 0 Å². The van der Waals surface area contributed by atoms with E-state index in [0.717, 1.165) is 83.5 Å². The van der Waals surface area contributed by atoms with E-state index in [4.69, 9.17) is 14.2 Å². The van der Waals surface area contributed by atoms with Gasteiger partial charge in [-0.05, 0) is 77.0 Å². The highest BCUT2D eigenvalue weighted by Crippen LogP contribution is 2.18. The van der Waals surface area contributed by atoms with Crippen LogP contribution in [0.4, 0.5) is 0 Å². The molecule has 6 heteroatoms.